The first-order valence-electron chi connectivity index (χ1n) is 3.41. The molecule has 1 rings (SSSR count). The third-order valence-corrected chi connectivity index (χ3v) is 1.44. The van der Waals surface area contributed by atoms with Gasteiger partial charge in [-0.25, -0.2) is 0 Å². The summed E-state index contributed by atoms with van der Waals surface area (Å²) in [6.45, 7) is 4.07. The van der Waals surface area contributed by atoms with Gasteiger partial charge in [-0.1, -0.05) is 26.0 Å². The van der Waals surface area contributed by atoms with Gasteiger partial charge in [0.15, 0.2) is 0 Å². The number of phenolic OH excluding ortho intramolecular Hbond substituents is 1. The van der Waals surface area contributed by atoms with Gasteiger partial charge < -0.3 is 5.11 Å². The molecule has 0 aliphatic heterocycles. The molecule has 0 unspecified atom stereocenters. The first-order valence-corrected chi connectivity index (χ1v) is 3.41. The van der Waals surface area contributed by atoms with E-state index in [-0.39, 0.29) is 0 Å². The molecule has 10 heavy (non-hydrogen) atoms. The van der Waals surface area contributed by atoms with E-state index in [0.29, 0.717) is 11.7 Å². The normalized spacial score (nSPS) is 10.3. The average molecular weight is 135 g/mol. The molecule has 0 atom stereocenters. The largest absolute Gasteiger partial charge is 0.508 e. The van der Waals surface area contributed by atoms with Crippen molar-refractivity contribution in [2.45, 2.75) is 19.8 Å². The van der Waals surface area contributed by atoms with Crippen LogP contribution in [0, 0.1) is 6.07 Å². The van der Waals surface area contributed by atoms with Gasteiger partial charge in [-0.15, -0.1) is 0 Å². The molecule has 1 nitrogen and oxygen atoms in total. The Morgan fingerprint density at radius 1 is 1.50 bits per heavy atom. The van der Waals surface area contributed by atoms with E-state index in [1.165, 1.54) is 0 Å². The van der Waals surface area contributed by atoms with Gasteiger partial charge in [0.25, 0.3) is 0 Å². The van der Waals surface area contributed by atoms with Gasteiger partial charge in [0.2, 0.25) is 0 Å². The minimum Gasteiger partial charge on any atom is -0.508 e. The lowest BCUT2D eigenvalue weighted by Crippen LogP contribution is -1.86. The first kappa shape index (κ1) is 7.13. The molecule has 0 saturated heterocycles. The molecule has 1 N–H and O–H groups in total. The Kier molecular flexibility index (Phi) is 1.95. The van der Waals surface area contributed by atoms with Gasteiger partial charge in [-0.05, 0) is 18.1 Å². The zero-order valence-electron chi connectivity index (χ0n) is 6.26. The van der Waals surface area contributed by atoms with Crippen molar-refractivity contribution >= 4 is 0 Å². The Balaban J connectivity index is 3.03. The van der Waals surface area contributed by atoms with Crippen molar-refractivity contribution in [3.63, 3.8) is 0 Å². The number of rotatable bonds is 1. The summed E-state index contributed by atoms with van der Waals surface area (Å²) in [6, 6.07) is 8.27. The molecule has 0 heterocycles. The molecular formula is C9H11O. The predicted molar refractivity (Wildman–Crippen MR) is 41.0 cm³/mol. The smallest absolute Gasteiger partial charge is 0.119 e. The highest BCUT2D eigenvalue weighted by atomic mass is 16.3. The Labute approximate surface area is 61.3 Å². The Hall–Kier alpha value is -0.980. The van der Waals surface area contributed by atoms with E-state index >= 15 is 0 Å². The molecule has 0 bridgehead atoms. The van der Waals surface area contributed by atoms with Crippen molar-refractivity contribution in [1.29, 1.82) is 0 Å². The molecule has 1 heteroatoms. The quantitative estimate of drug-likeness (QED) is 0.626. The Morgan fingerprint density at radius 3 is 2.60 bits per heavy atom. The number of phenols is 1. The van der Waals surface area contributed by atoms with Crippen LogP contribution in [0.15, 0.2) is 18.2 Å². The van der Waals surface area contributed by atoms with Crippen molar-refractivity contribution < 1.29 is 5.11 Å². The molecule has 0 spiro atoms. The van der Waals surface area contributed by atoms with Crippen LogP contribution in [0.2, 0.25) is 0 Å². The lowest BCUT2D eigenvalue weighted by Gasteiger charge is -2.05. The molecule has 0 aliphatic carbocycles. The molecule has 53 valence electrons. The van der Waals surface area contributed by atoms with Crippen LogP contribution in [0.1, 0.15) is 25.3 Å². The summed E-state index contributed by atoms with van der Waals surface area (Å²) in [7, 11) is 0. The molecular weight excluding hydrogens is 124 g/mol. The number of benzene rings is 1. The minimum absolute atomic E-state index is 0.345. The van der Waals surface area contributed by atoms with Crippen molar-refractivity contribution in [2.75, 3.05) is 0 Å². The standard InChI is InChI=1S/C9H11O/c1-7(2)8-5-3-4-6-9(8)10/h3-4,6-7,10H,1-2H3. The van der Waals surface area contributed by atoms with E-state index in [2.05, 4.69) is 6.07 Å². The summed E-state index contributed by atoms with van der Waals surface area (Å²) in [5.41, 5.74) is 0.891. The third-order valence-electron chi connectivity index (χ3n) is 1.44. The highest BCUT2D eigenvalue weighted by Crippen LogP contribution is 2.23. The molecule has 0 aromatic heterocycles. The summed E-state index contributed by atoms with van der Waals surface area (Å²) < 4.78 is 0. The summed E-state index contributed by atoms with van der Waals surface area (Å²) >= 11 is 0. The fourth-order valence-electron chi connectivity index (χ4n) is 0.903. The van der Waals surface area contributed by atoms with Crippen LogP contribution >= 0.6 is 0 Å². The second kappa shape index (κ2) is 2.74. The minimum atomic E-state index is 0.345. The van der Waals surface area contributed by atoms with Crippen LogP contribution < -0.4 is 0 Å². The maximum absolute atomic E-state index is 9.25. The number of aromatic hydroxyl groups is 1. The first-order chi connectivity index (χ1) is 4.72. The molecule has 0 aliphatic rings. The van der Waals surface area contributed by atoms with Gasteiger partial charge in [0.1, 0.15) is 5.75 Å². The molecule has 1 radical (unpaired) electrons. The van der Waals surface area contributed by atoms with Crippen LogP contribution in [-0.4, -0.2) is 5.11 Å². The highest BCUT2D eigenvalue weighted by molar-refractivity contribution is 5.32. The summed E-state index contributed by atoms with van der Waals surface area (Å²) in [4.78, 5) is 0. The number of hydrogen-bond acceptors (Lipinski definition) is 1. The third kappa shape index (κ3) is 1.29. The van der Waals surface area contributed by atoms with Gasteiger partial charge >= 0.3 is 0 Å². The zero-order valence-corrected chi connectivity index (χ0v) is 6.26. The van der Waals surface area contributed by atoms with Gasteiger partial charge in [-0.3, -0.25) is 0 Å². The van der Waals surface area contributed by atoms with Crippen LogP contribution in [-0.2, 0) is 0 Å². The van der Waals surface area contributed by atoms with Gasteiger partial charge in [0.05, 0.1) is 0 Å². The van der Waals surface area contributed by atoms with Crippen LogP contribution in [0.25, 0.3) is 0 Å². The molecule has 0 saturated carbocycles. The maximum Gasteiger partial charge on any atom is 0.119 e. The van der Waals surface area contributed by atoms with Crippen LogP contribution in [0.4, 0.5) is 0 Å². The van der Waals surface area contributed by atoms with Crippen molar-refractivity contribution in [2.24, 2.45) is 0 Å². The number of hydrogen-bond donors (Lipinski definition) is 1. The Bertz CT molecular complexity index is 216. The Morgan fingerprint density at radius 2 is 2.20 bits per heavy atom. The SMILES string of the molecule is CC(C)c1[c]cccc1O. The predicted octanol–water partition coefficient (Wildman–Crippen LogP) is 2.32. The average Bonchev–Trinajstić information content (AvgIpc) is 1.88. The maximum atomic E-state index is 9.25. The second-order valence-electron chi connectivity index (χ2n) is 2.62. The zero-order chi connectivity index (χ0) is 7.56. The summed E-state index contributed by atoms with van der Waals surface area (Å²) in [5.74, 6) is 0.693. The topological polar surface area (TPSA) is 20.2 Å². The van der Waals surface area contributed by atoms with Crippen molar-refractivity contribution in [3.8, 4) is 5.75 Å². The van der Waals surface area contributed by atoms with E-state index in [1.54, 1.807) is 12.1 Å². The second-order valence-corrected chi connectivity index (χ2v) is 2.62. The molecule has 1 aromatic carbocycles. The van der Waals surface area contributed by atoms with Gasteiger partial charge in [-0.2, -0.15) is 0 Å². The van der Waals surface area contributed by atoms with E-state index in [0.717, 1.165) is 5.56 Å². The summed E-state index contributed by atoms with van der Waals surface area (Å²) in [6.07, 6.45) is 0. The van der Waals surface area contributed by atoms with E-state index < -0.39 is 0 Å². The van der Waals surface area contributed by atoms with Gasteiger partial charge in [0, 0.05) is 5.56 Å². The van der Waals surface area contributed by atoms with E-state index in [1.807, 2.05) is 19.9 Å². The van der Waals surface area contributed by atoms with Crippen LogP contribution in [0.5, 0.6) is 5.75 Å². The molecule has 0 fully saturated rings. The monoisotopic (exact) mass is 135 g/mol. The fourth-order valence-corrected chi connectivity index (χ4v) is 0.903. The van der Waals surface area contributed by atoms with E-state index in [9.17, 15) is 5.11 Å². The van der Waals surface area contributed by atoms with E-state index in [4.69, 9.17) is 0 Å². The molecule has 1 aromatic rings. The lowest BCUT2D eigenvalue weighted by molar-refractivity contribution is 0.464. The molecule has 0 amide bonds. The van der Waals surface area contributed by atoms with Crippen molar-refractivity contribution in [3.05, 3.63) is 29.8 Å². The summed E-state index contributed by atoms with van der Waals surface area (Å²) in [5, 5.41) is 9.25. The van der Waals surface area contributed by atoms with Crippen LogP contribution in [0.3, 0.4) is 0 Å². The van der Waals surface area contributed by atoms with Crippen molar-refractivity contribution in [1.82, 2.24) is 0 Å². The fraction of sp³-hybridized carbons (Fsp3) is 0.333. The highest BCUT2D eigenvalue weighted by Gasteiger charge is 2.02. The lowest BCUT2D eigenvalue weighted by atomic mass is 10.0.